The fraction of sp³-hybridized carbons (Fsp3) is 0.154. The maximum Gasteiger partial charge on any atom is 0.262 e. The predicted octanol–water partition coefficient (Wildman–Crippen LogP) is 1.62. The van der Waals surface area contributed by atoms with Crippen LogP contribution < -0.4 is 5.73 Å². The van der Waals surface area contributed by atoms with Crippen LogP contribution in [0.4, 0.5) is 10.1 Å². The third kappa shape index (κ3) is 2.94. The summed E-state index contributed by atoms with van der Waals surface area (Å²) in [7, 11) is -2.41. The molecule has 0 saturated heterocycles. The molecule has 5 nitrogen and oxygen atoms in total. The van der Waals surface area contributed by atoms with Gasteiger partial charge < -0.3 is 5.73 Å². The van der Waals surface area contributed by atoms with Gasteiger partial charge in [-0.2, -0.15) is 4.31 Å². The van der Waals surface area contributed by atoms with E-state index in [0.29, 0.717) is 5.56 Å². The zero-order chi connectivity index (χ0) is 14.8. The van der Waals surface area contributed by atoms with E-state index in [9.17, 15) is 12.8 Å². The number of nitrogen functional groups attached to an aromatic ring is 1. The van der Waals surface area contributed by atoms with E-state index in [1.807, 2.05) is 0 Å². The van der Waals surface area contributed by atoms with Crippen LogP contribution in [0.2, 0.25) is 0 Å². The second kappa shape index (κ2) is 5.56. The summed E-state index contributed by atoms with van der Waals surface area (Å²) >= 11 is 0. The van der Waals surface area contributed by atoms with Crippen LogP contribution in [-0.4, -0.2) is 24.8 Å². The summed E-state index contributed by atoms with van der Waals surface area (Å²) in [6, 6.07) is 8.79. The lowest BCUT2D eigenvalue weighted by molar-refractivity contribution is 0.463. The highest BCUT2D eigenvalue weighted by atomic mass is 32.2. The largest absolute Gasteiger partial charge is 0.396 e. The van der Waals surface area contributed by atoms with Crippen molar-refractivity contribution in [1.82, 2.24) is 9.29 Å². The monoisotopic (exact) mass is 295 g/mol. The first kappa shape index (κ1) is 14.4. The standard InChI is InChI=1S/C13H14FN3O2S/c1-17(9-10-4-2-5-11(14)8-10)20(18,19)13-12(15)6-3-7-16-13/h2-8H,9,15H2,1H3. The third-order valence-corrected chi connectivity index (χ3v) is 4.53. The van der Waals surface area contributed by atoms with Crippen molar-refractivity contribution in [2.24, 2.45) is 0 Å². The molecule has 0 radical (unpaired) electrons. The molecule has 0 atom stereocenters. The fourth-order valence-electron chi connectivity index (χ4n) is 1.74. The predicted molar refractivity (Wildman–Crippen MR) is 73.7 cm³/mol. The van der Waals surface area contributed by atoms with Crippen LogP contribution in [0.15, 0.2) is 47.6 Å². The first-order valence-corrected chi connectivity index (χ1v) is 7.26. The first-order valence-electron chi connectivity index (χ1n) is 5.82. The van der Waals surface area contributed by atoms with Crippen LogP contribution >= 0.6 is 0 Å². The van der Waals surface area contributed by atoms with Crippen LogP contribution in [-0.2, 0) is 16.6 Å². The molecule has 1 aromatic carbocycles. The van der Waals surface area contributed by atoms with E-state index < -0.39 is 15.8 Å². The van der Waals surface area contributed by atoms with Gasteiger partial charge in [0.1, 0.15) is 5.82 Å². The van der Waals surface area contributed by atoms with Gasteiger partial charge in [-0.25, -0.2) is 17.8 Å². The van der Waals surface area contributed by atoms with Crippen molar-refractivity contribution in [3.05, 3.63) is 54.0 Å². The Hall–Kier alpha value is -1.99. The normalized spacial score (nSPS) is 11.8. The van der Waals surface area contributed by atoms with E-state index in [1.165, 1.54) is 37.5 Å². The Bertz CT molecular complexity index is 719. The number of halogens is 1. The minimum absolute atomic E-state index is 0.0378. The third-order valence-electron chi connectivity index (χ3n) is 2.75. The molecule has 0 aliphatic carbocycles. The molecule has 0 fully saturated rings. The average Bonchev–Trinajstić information content (AvgIpc) is 2.39. The van der Waals surface area contributed by atoms with E-state index in [4.69, 9.17) is 5.73 Å². The van der Waals surface area contributed by atoms with Crippen LogP contribution in [0.25, 0.3) is 0 Å². The summed E-state index contributed by atoms with van der Waals surface area (Å²) in [6.07, 6.45) is 1.36. The van der Waals surface area contributed by atoms with Crippen molar-refractivity contribution >= 4 is 15.7 Å². The number of nitrogens with two attached hydrogens (primary N) is 1. The summed E-state index contributed by atoms with van der Waals surface area (Å²) in [5, 5.41) is -0.195. The molecule has 0 aliphatic heterocycles. The summed E-state index contributed by atoms with van der Waals surface area (Å²) in [6.45, 7) is 0.0378. The van der Waals surface area contributed by atoms with Gasteiger partial charge in [-0.05, 0) is 29.8 Å². The number of hydrogen-bond acceptors (Lipinski definition) is 4. The number of aromatic nitrogens is 1. The second-order valence-corrected chi connectivity index (χ2v) is 6.25. The summed E-state index contributed by atoms with van der Waals surface area (Å²) in [5.74, 6) is -0.411. The summed E-state index contributed by atoms with van der Waals surface area (Å²) in [4.78, 5) is 3.80. The van der Waals surface area contributed by atoms with Crippen molar-refractivity contribution in [2.45, 2.75) is 11.6 Å². The molecular weight excluding hydrogens is 281 g/mol. The SMILES string of the molecule is CN(Cc1cccc(F)c1)S(=O)(=O)c1ncccc1N. The van der Waals surface area contributed by atoms with Gasteiger partial charge in [0.2, 0.25) is 0 Å². The molecule has 20 heavy (non-hydrogen) atoms. The van der Waals surface area contributed by atoms with E-state index in [0.717, 1.165) is 4.31 Å². The molecule has 0 amide bonds. The molecule has 1 heterocycles. The van der Waals surface area contributed by atoms with Crippen LogP contribution in [0, 0.1) is 5.82 Å². The highest BCUT2D eigenvalue weighted by molar-refractivity contribution is 7.89. The van der Waals surface area contributed by atoms with Crippen LogP contribution in [0.1, 0.15) is 5.56 Å². The number of pyridine rings is 1. The summed E-state index contributed by atoms with van der Waals surface area (Å²) in [5.41, 5.74) is 6.26. The lowest BCUT2D eigenvalue weighted by atomic mass is 10.2. The van der Waals surface area contributed by atoms with Crippen molar-refractivity contribution in [1.29, 1.82) is 0 Å². The van der Waals surface area contributed by atoms with Gasteiger partial charge in [-0.3, -0.25) is 0 Å². The van der Waals surface area contributed by atoms with Gasteiger partial charge in [0, 0.05) is 19.8 Å². The Balaban J connectivity index is 2.29. The molecule has 7 heteroatoms. The Morgan fingerprint density at radius 1 is 1.30 bits per heavy atom. The van der Waals surface area contributed by atoms with Gasteiger partial charge in [0.15, 0.2) is 5.03 Å². The fourth-order valence-corrected chi connectivity index (χ4v) is 2.92. The summed E-state index contributed by atoms with van der Waals surface area (Å²) < 4.78 is 38.8. The van der Waals surface area contributed by atoms with Gasteiger partial charge in [0.05, 0.1) is 5.69 Å². The maximum absolute atomic E-state index is 13.1. The number of anilines is 1. The quantitative estimate of drug-likeness (QED) is 0.930. The number of nitrogens with zero attached hydrogens (tertiary/aromatic N) is 2. The minimum Gasteiger partial charge on any atom is -0.396 e. The molecular formula is C13H14FN3O2S. The van der Waals surface area contributed by atoms with Crippen molar-refractivity contribution in [3.63, 3.8) is 0 Å². The molecule has 0 saturated carbocycles. The van der Waals surface area contributed by atoms with E-state index in [-0.39, 0.29) is 17.3 Å². The number of rotatable bonds is 4. The lowest BCUT2D eigenvalue weighted by Crippen LogP contribution is -2.28. The molecule has 1 aromatic heterocycles. The Morgan fingerprint density at radius 3 is 2.70 bits per heavy atom. The van der Waals surface area contributed by atoms with Gasteiger partial charge in [0.25, 0.3) is 10.0 Å². The Labute approximate surface area is 116 Å². The number of hydrogen-bond donors (Lipinski definition) is 1. The van der Waals surface area contributed by atoms with Crippen LogP contribution in [0.3, 0.4) is 0 Å². The Morgan fingerprint density at radius 2 is 2.05 bits per heavy atom. The van der Waals surface area contributed by atoms with E-state index in [2.05, 4.69) is 4.98 Å². The zero-order valence-corrected chi connectivity index (χ0v) is 11.6. The van der Waals surface area contributed by atoms with Crippen LogP contribution in [0.5, 0.6) is 0 Å². The van der Waals surface area contributed by atoms with Crippen molar-refractivity contribution in [2.75, 3.05) is 12.8 Å². The van der Waals surface area contributed by atoms with Crippen molar-refractivity contribution < 1.29 is 12.8 Å². The minimum atomic E-state index is -3.81. The molecule has 2 aromatic rings. The lowest BCUT2D eigenvalue weighted by Gasteiger charge is -2.17. The zero-order valence-electron chi connectivity index (χ0n) is 10.8. The molecule has 0 aliphatic rings. The topological polar surface area (TPSA) is 76.3 Å². The van der Waals surface area contributed by atoms with E-state index in [1.54, 1.807) is 12.1 Å². The molecule has 0 bridgehead atoms. The smallest absolute Gasteiger partial charge is 0.262 e. The number of benzene rings is 1. The van der Waals surface area contributed by atoms with Gasteiger partial charge in [-0.1, -0.05) is 12.1 Å². The van der Waals surface area contributed by atoms with Gasteiger partial charge in [-0.15, -0.1) is 0 Å². The first-order chi connectivity index (χ1) is 9.41. The highest BCUT2D eigenvalue weighted by Crippen LogP contribution is 2.20. The molecule has 2 N–H and O–H groups in total. The van der Waals surface area contributed by atoms with Gasteiger partial charge >= 0.3 is 0 Å². The van der Waals surface area contributed by atoms with E-state index >= 15 is 0 Å². The molecule has 106 valence electrons. The maximum atomic E-state index is 13.1. The Kier molecular flexibility index (Phi) is 4.01. The number of sulfonamides is 1. The second-order valence-electron chi connectivity index (χ2n) is 4.29. The van der Waals surface area contributed by atoms with Crippen molar-refractivity contribution in [3.8, 4) is 0 Å². The highest BCUT2D eigenvalue weighted by Gasteiger charge is 2.24. The average molecular weight is 295 g/mol. The molecule has 0 unspecified atom stereocenters. The molecule has 2 rings (SSSR count). The molecule has 0 spiro atoms.